The number of anilines is 2. The Hall–Kier alpha value is -5.77. The Kier molecular flexibility index (Phi) is 7.28. The maximum atomic E-state index is 14.0. The van der Waals surface area contributed by atoms with Crippen LogP contribution in [0.15, 0.2) is 88.8 Å². The van der Waals surface area contributed by atoms with E-state index in [1.807, 2.05) is 49.3 Å². The Bertz CT molecular complexity index is 1970. The summed E-state index contributed by atoms with van der Waals surface area (Å²) in [4.78, 5) is 52.9. The van der Waals surface area contributed by atoms with Crippen molar-refractivity contribution in [2.75, 3.05) is 24.0 Å². The van der Waals surface area contributed by atoms with E-state index in [9.17, 15) is 29.4 Å². The highest BCUT2D eigenvalue weighted by Gasteiger charge is 2.31. The summed E-state index contributed by atoms with van der Waals surface area (Å²) in [5.41, 5.74) is 2.34. The van der Waals surface area contributed by atoms with Gasteiger partial charge in [-0.3, -0.25) is 14.2 Å². The summed E-state index contributed by atoms with van der Waals surface area (Å²) in [5.74, 6) is -2.89. The van der Waals surface area contributed by atoms with E-state index in [2.05, 4.69) is 5.10 Å². The number of hydrogen-bond acceptors (Lipinski definition) is 6. The Morgan fingerprint density at radius 3 is 2.05 bits per heavy atom. The van der Waals surface area contributed by atoms with Gasteiger partial charge in [0, 0.05) is 25.0 Å². The minimum atomic E-state index is -1.18. The molecular weight excluding hydrogens is 536 g/mol. The molecule has 5 rings (SSSR count). The molecule has 42 heavy (non-hydrogen) atoms. The smallest absolute Gasteiger partial charge is 0.335 e. The van der Waals surface area contributed by atoms with Crippen molar-refractivity contribution in [2.45, 2.75) is 6.92 Å². The second-order valence-electron chi connectivity index (χ2n) is 9.82. The highest BCUT2D eigenvalue weighted by Crippen LogP contribution is 2.22. The first-order valence-corrected chi connectivity index (χ1v) is 12.9. The highest BCUT2D eigenvalue weighted by atomic mass is 16.4. The molecule has 0 saturated carbocycles. The Balaban J connectivity index is 1.72. The molecule has 1 aromatic heterocycles. The molecule has 0 bridgehead atoms. The fraction of sp³-hybridized carbons (Fsp3) is 0.0938. The fourth-order valence-electron chi connectivity index (χ4n) is 4.69. The first kappa shape index (κ1) is 27.8. The van der Waals surface area contributed by atoms with Crippen LogP contribution < -0.4 is 26.2 Å². The van der Waals surface area contributed by atoms with Crippen molar-refractivity contribution >= 4 is 41.4 Å². The van der Waals surface area contributed by atoms with Crippen LogP contribution >= 0.6 is 0 Å². The van der Waals surface area contributed by atoms with Crippen molar-refractivity contribution in [1.82, 2.24) is 4.57 Å². The number of rotatable bonds is 7. The normalized spacial score (nSPS) is 12.9. The fourth-order valence-corrected chi connectivity index (χ4v) is 4.69. The summed E-state index contributed by atoms with van der Waals surface area (Å²) in [5, 5.41) is 24.7. The number of carbonyl (C=O) groups excluding carboxylic acids is 1. The van der Waals surface area contributed by atoms with Crippen LogP contribution in [0.1, 0.15) is 42.2 Å². The predicted molar refractivity (Wildman–Crippen MR) is 159 cm³/mol. The first-order valence-electron chi connectivity index (χ1n) is 12.9. The van der Waals surface area contributed by atoms with Crippen molar-refractivity contribution in [1.29, 1.82) is 0 Å². The van der Waals surface area contributed by atoms with Gasteiger partial charge in [-0.15, -0.1) is 5.10 Å². The van der Waals surface area contributed by atoms with Gasteiger partial charge in [0.25, 0.3) is 11.5 Å². The highest BCUT2D eigenvalue weighted by molar-refractivity contribution is 6.08. The predicted octanol–water partition coefficient (Wildman–Crippen LogP) is 3.30. The van der Waals surface area contributed by atoms with E-state index < -0.39 is 23.4 Å². The largest absolute Gasteiger partial charge is 0.478 e. The van der Waals surface area contributed by atoms with E-state index in [1.165, 1.54) is 41.0 Å². The van der Waals surface area contributed by atoms with Gasteiger partial charge in [0.1, 0.15) is 0 Å². The summed E-state index contributed by atoms with van der Waals surface area (Å²) in [6.07, 6.45) is 5.15. The number of carbonyl (C=O) groups is 3. The minimum Gasteiger partial charge on any atom is -0.478 e. The van der Waals surface area contributed by atoms with Gasteiger partial charge < -0.3 is 15.1 Å². The third-order valence-electron chi connectivity index (χ3n) is 6.90. The van der Waals surface area contributed by atoms with E-state index in [0.717, 1.165) is 16.3 Å². The van der Waals surface area contributed by atoms with Crippen molar-refractivity contribution in [3.05, 3.63) is 128 Å². The van der Waals surface area contributed by atoms with Crippen LogP contribution in [0.5, 0.6) is 0 Å². The molecule has 10 heteroatoms. The number of amides is 1. The molecule has 2 heterocycles. The zero-order valence-electron chi connectivity index (χ0n) is 23.0. The molecule has 0 spiro atoms. The average Bonchev–Trinajstić information content (AvgIpc) is 3.32. The standard InChI is InChI=1S/C32H26N4O6/c1-19-26(12-4-7-20-13-15-23(16-14-20)34(2)3)29(37)35(24-10-5-8-21(17-24)31(39)40)28-27(19)30(38)36(33-28)25-11-6-9-22(18-25)32(41)42/h4-18H,1-3H3,(H,39,40)(H,41,42)/b7-4?,26-12-. The monoisotopic (exact) mass is 562 g/mol. The number of carboxylic acids is 2. The summed E-state index contributed by atoms with van der Waals surface area (Å²) in [6.45, 7) is 1.65. The molecule has 4 aromatic rings. The van der Waals surface area contributed by atoms with E-state index in [0.29, 0.717) is 5.56 Å². The van der Waals surface area contributed by atoms with E-state index >= 15 is 0 Å². The lowest BCUT2D eigenvalue weighted by Gasteiger charge is -2.12. The third kappa shape index (κ3) is 5.08. The number of aromatic nitrogens is 1. The molecule has 1 aliphatic rings. The summed E-state index contributed by atoms with van der Waals surface area (Å²) < 4.78 is 1.21. The van der Waals surface area contributed by atoms with Crippen molar-refractivity contribution in [3.8, 4) is 5.69 Å². The average molecular weight is 563 g/mol. The number of pyridine rings is 1. The zero-order valence-corrected chi connectivity index (χ0v) is 23.0. The second-order valence-corrected chi connectivity index (χ2v) is 9.82. The number of carboxylic acid groups (broad SMARTS) is 2. The number of allylic oxidation sites excluding steroid dienone is 1. The first-order chi connectivity index (χ1) is 20.1. The molecule has 210 valence electrons. The number of nitrogens with zero attached hydrogens (tertiary/aromatic N) is 4. The van der Waals surface area contributed by atoms with Gasteiger partial charge >= 0.3 is 11.9 Å². The van der Waals surface area contributed by atoms with Crippen LogP contribution in [0.4, 0.5) is 11.4 Å². The summed E-state index contributed by atoms with van der Waals surface area (Å²) in [6, 6.07) is 19.4. The Morgan fingerprint density at radius 1 is 0.857 bits per heavy atom. The lowest BCUT2D eigenvalue weighted by atomic mass is 10.1. The molecule has 1 aliphatic heterocycles. The lowest BCUT2D eigenvalue weighted by molar-refractivity contribution is 0.0686. The molecule has 10 nitrogen and oxygen atoms in total. The zero-order chi connectivity index (χ0) is 30.1. The topological polar surface area (TPSA) is 133 Å². The maximum Gasteiger partial charge on any atom is 0.335 e. The van der Waals surface area contributed by atoms with E-state index in [1.54, 1.807) is 31.2 Å². The number of aromatic carboxylic acids is 2. The molecule has 0 aliphatic carbocycles. The molecule has 0 unspecified atom stereocenters. The van der Waals surface area contributed by atoms with E-state index in [4.69, 9.17) is 0 Å². The maximum absolute atomic E-state index is 14.0. The van der Waals surface area contributed by atoms with Crippen LogP contribution in [0.3, 0.4) is 0 Å². The van der Waals surface area contributed by atoms with Gasteiger partial charge in [-0.05, 0) is 72.7 Å². The molecule has 2 N–H and O–H groups in total. The Labute approximate surface area is 240 Å². The SMILES string of the molecule is Cc1c2c(n(-c3cccc(C(=O)O)c3)c(=O)/c1=C\C=Cc1ccc(N(C)C)cc1)=NN(c1cccc(C(=O)O)c1)C2=O. The molecular formula is C32H26N4O6. The minimum absolute atomic E-state index is 0.0196. The number of hydrogen-bond donors (Lipinski definition) is 2. The van der Waals surface area contributed by atoms with Gasteiger partial charge in [-0.2, -0.15) is 5.01 Å². The molecule has 1 amide bonds. The molecule has 0 saturated heterocycles. The van der Waals surface area contributed by atoms with Crippen molar-refractivity contribution in [3.63, 3.8) is 0 Å². The number of fused-ring (bicyclic) bond motifs is 1. The third-order valence-corrected chi connectivity index (χ3v) is 6.90. The molecule has 0 atom stereocenters. The molecule has 0 fully saturated rings. The van der Waals surface area contributed by atoms with Crippen molar-refractivity contribution < 1.29 is 24.6 Å². The van der Waals surface area contributed by atoms with Crippen LogP contribution in [0.2, 0.25) is 0 Å². The van der Waals surface area contributed by atoms with Crippen molar-refractivity contribution in [2.24, 2.45) is 5.10 Å². The van der Waals surface area contributed by atoms with Crippen LogP contribution in [-0.2, 0) is 0 Å². The molecule has 0 radical (unpaired) electrons. The van der Waals surface area contributed by atoms with Crippen LogP contribution in [0, 0.1) is 6.92 Å². The van der Waals surface area contributed by atoms with Gasteiger partial charge in [0.05, 0.1) is 28.1 Å². The number of benzene rings is 3. The molecule has 3 aromatic carbocycles. The Morgan fingerprint density at radius 2 is 1.45 bits per heavy atom. The lowest BCUT2D eigenvalue weighted by Crippen LogP contribution is -2.45. The van der Waals surface area contributed by atoms with Gasteiger partial charge in [-0.25, -0.2) is 9.59 Å². The summed E-state index contributed by atoms with van der Waals surface area (Å²) >= 11 is 0. The quantitative estimate of drug-likeness (QED) is 0.353. The van der Waals surface area contributed by atoms with E-state index in [-0.39, 0.29) is 38.8 Å². The van der Waals surface area contributed by atoms with Gasteiger partial charge in [0.15, 0.2) is 5.49 Å². The van der Waals surface area contributed by atoms with Crippen LogP contribution in [0.25, 0.3) is 17.8 Å². The summed E-state index contributed by atoms with van der Waals surface area (Å²) in [7, 11) is 3.90. The van der Waals surface area contributed by atoms with Gasteiger partial charge in [-0.1, -0.05) is 36.4 Å². The van der Waals surface area contributed by atoms with Crippen LogP contribution in [-0.4, -0.2) is 46.7 Å². The van der Waals surface area contributed by atoms with Gasteiger partial charge in [0.2, 0.25) is 0 Å². The second kappa shape index (κ2) is 11.0.